The molecule has 3 unspecified atom stereocenters. The van der Waals surface area contributed by atoms with Crippen LogP contribution in [0.15, 0.2) is 42.5 Å². The van der Waals surface area contributed by atoms with Crippen LogP contribution in [0, 0.1) is 4.78 Å². The van der Waals surface area contributed by atoms with Crippen molar-refractivity contribution >= 4 is 38.9 Å². The van der Waals surface area contributed by atoms with Crippen molar-refractivity contribution in [3.05, 3.63) is 58.1 Å². The number of halogens is 5. The zero-order valence-corrected chi connectivity index (χ0v) is 21.9. The number of aliphatic hydroxyl groups is 1. The van der Waals surface area contributed by atoms with Gasteiger partial charge in [0.15, 0.2) is 5.60 Å². The minimum absolute atomic E-state index is 0.181. The second-order valence-corrected chi connectivity index (χ2v) is 11.7. The van der Waals surface area contributed by atoms with Crippen LogP contribution in [0.1, 0.15) is 38.2 Å². The number of benzene rings is 2. The van der Waals surface area contributed by atoms with Gasteiger partial charge in [-0.1, -0.05) is 66.9 Å². The monoisotopic (exact) mass is 568 g/mol. The number of nitrogens with one attached hydrogen (secondary N) is 1. The summed E-state index contributed by atoms with van der Waals surface area (Å²) < 4.78 is 67.4. The molecule has 0 aromatic heterocycles. The zero-order valence-electron chi connectivity index (χ0n) is 19.6. The molecule has 6 nitrogen and oxygen atoms in total. The SMILES string of the molecule is CCCCOC(=O)C(N)CCS(=N)(=O)CCC(O)(c1ccc(-c2ccc(Cl)cc2Cl)cc1)C(F)(F)F. The summed E-state index contributed by atoms with van der Waals surface area (Å²) in [5.74, 6) is -1.86. The number of carbonyl (C=O) groups excluding carboxylic acids is 1. The third-order valence-electron chi connectivity index (χ3n) is 5.67. The van der Waals surface area contributed by atoms with E-state index in [0.717, 1.165) is 18.6 Å². The molecule has 2 aromatic rings. The molecular weight excluding hydrogens is 540 g/mol. The van der Waals surface area contributed by atoms with Gasteiger partial charge >= 0.3 is 12.1 Å². The molecule has 2 aromatic carbocycles. The smallest absolute Gasteiger partial charge is 0.421 e. The van der Waals surface area contributed by atoms with E-state index in [2.05, 4.69) is 0 Å². The highest BCUT2D eigenvalue weighted by Crippen LogP contribution is 2.43. The van der Waals surface area contributed by atoms with E-state index in [0.29, 0.717) is 27.6 Å². The summed E-state index contributed by atoms with van der Waals surface area (Å²) >= 11 is 12.0. The van der Waals surface area contributed by atoms with Gasteiger partial charge < -0.3 is 15.6 Å². The Labute approximate surface area is 218 Å². The maximum Gasteiger partial charge on any atom is 0.421 e. The topological polar surface area (TPSA) is 113 Å². The Kier molecular flexibility index (Phi) is 10.6. The summed E-state index contributed by atoms with van der Waals surface area (Å²) in [6, 6.07) is 8.55. The number of carbonyl (C=O) groups is 1. The van der Waals surface area contributed by atoms with Crippen LogP contribution in [0.2, 0.25) is 10.0 Å². The van der Waals surface area contributed by atoms with E-state index >= 15 is 0 Å². The van der Waals surface area contributed by atoms with Gasteiger partial charge in [-0.2, -0.15) is 13.2 Å². The molecule has 0 aliphatic heterocycles. The first-order valence-electron chi connectivity index (χ1n) is 11.2. The molecule has 0 bridgehead atoms. The predicted octanol–water partition coefficient (Wildman–Crippen LogP) is 5.91. The van der Waals surface area contributed by atoms with Crippen molar-refractivity contribution in [2.45, 2.75) is 50.4 Å². The van der Waals surface area contributed by atoms with Crippen molar-refractivity contribution in [3.8, 4) is 11.1 Å². The fourth-order valence-corrected chi connectivity index (χ4v) is 5.35. The van der Waals surface area contributed by atoms with E-state index in [9.17, 15) is 27.3 Å². The summed E-state index contributed by atoms with van der Waals surface area (Å²) in [6.07, 6.45) is -4.83. The Hall–Kier alpha value is -1.85. The number of esters is 1. The molecule has 200 valence electrons. The van der Waals surface area contributed by atoms with Gasteiger partial charge in [0.2, 0.25) is 0 Å². The van der Waals surface area contributed by atoms with Crippen LogP contribution in [-0.2, 0) is 24.9 Å². The molecule has 0 aliphatic rings. The highest BCUT2D eigenvalue weighted by molar-refractivity contribution is 7.92. The molecule has 0 radical (unpaired) electrons. The molecule has 0 amide bonds. The van der Waals surface area contributed by atoms with Crippen molar-refractivity contribution < 1.29 is 32.0 Å². The Morgan fingerprint density at radius 1 is 1.17 bits per heavy atom. The number of nitrogens with two attached hydrogens (primary N) is 1. The van der Waals surface area contributed by atoms with Gasteiger partial charge in [0.25, 0.3) is 0 Å². The quantitative estimate of drug-likeness (QED) is 0.217. The van der Waals surface area contributed by atoms with E-state index in [1.165, 1.54) is 18.2 Å². The number of hydrogen-bond acceptors (Lipinski definition) is 6. The summed E-state index contributed by atoms with van der Waals surface area (Å²) in [6.45, 7) is 2.09. The summed E-state index contributed by atoms with van der Waals surface area (Å²) in [5, 5.41) is 11.4. The summed E-state index contributed by atoms with van der Waals surface area (Å²) in [4.78, 5) is 11.8. The zero-order chi connectivity index (χ0) is 27.1. The molecule has 4 N–H and O–H groups in total. The van der Waals surface area contributed by atoms with E-state index in [1.807, 2.05) is 6.92 Å². The number of alkyl halides is 3. The molecular formula is C24H29Cl2F3N2O4S. The van der Waals surface area contributed by atoms with Crippen molar-refractivity contribution in [1.82, 2.24) is 0 Å². The molecule has 0 fully saturated rings. The van der Waals surface area contributed by atoms with Crippen molar-refractivity contribution in [3.63, 3.8) is 0 Å². The molecule has 36 heavy (non-hydrogen) atoms. The Morgan fingerprint density at radius 2 is 1.81 bits per heavy atom. The number of unbranched alkanes of at least 4 members (excludes halogenated alkanes) is 1. The van der Waals surface area contributed by atoms with E-state index in [-0.39, 0.29) is 13.0 Å². The van der Waals surface area contributed by atoms with Gasteiger partial charge in [-0.05, 0) is 36.1 Å². The molecule has 12 heteroatoms. The standard InChI is InChI=1S/C24H29Cl2F3N2O4S/c1-2-3-12-35-22(32)21(30)10-13-36(31,34)14-11-23(33,24(27,28)29)17-6-4-16(5-7-17)19-9-8-18(25)15-20(19)26/h4-9,15,21,31,33H,2-3,10-14,30H2,1H3. The molecule has 0 aliphatic carbocycles. The minimum atomic E-state index is -5.10. The first-order valence-corrected chi connectivity index (χ1v) is 13.9. The van der Waals surface area contributed by atoms with Gasteiger partial charge in [0.1, 0.15) is 6.04 Å². The van der Waals surface area contributed by atoms with Gasteiger partial charge in [-0.3, -0.25) is 9.57 Å². The number of ether oxygens (including phenoxy) is 1. The molecule has 0 saturated heterocycles. The maximum absolute atomic E-state index is 13.9. The van der Waals surface area contributed by atoms with Gasteiger partial charge in [-0.15, -0.1) is 0 Å². The molecule has 0 spiro atoms. The van der Waals surface area contributed by atoms with Gasteiger partial charge in [-0.25, -0.2) is 4.21 Å². The Balaban J connectivity index is 2.13. The largest absolute Gasteiger partial charge is 0.465 e. The maximum atomic E-state index is 13.9. The molecule has 2 rings (SSSR count). The van der Waals surface area contributed by atoms with Crippen molar-refractivity contribution in [2.24, 2.45) is 5.73 Å². The fourth-order valence-electron chi connectivity index (χ4n) is 3.37. The van der Waals surface area contributed by atoms with Crippen LogP contribution in [0.4, 0.5) is 13.2 Å². The lowest BCUT2D eigenvalue weighted by atomic mass is 9.89. The van der Waals surface area contributed by atoms with Crippen LogP contribution < -0.4 is 5.73 Å². The van der Waals surface area contributed by atoms with E-state index < -0.39 is 57.0 Å². The van der Waals surface area contributed by atoms with Crippen LogP contribution in [0.3, 0.4) is 0 Å². The third kappa shape index (κ3) is 8.08. The Morgan fingerprint density at radius 3 is 2.36 bits per heavy atom. The highest BCUT2D eigenvalue weighted by atomic mass is 35.5. The molecule has 0 saturated carbocycles. The average molecular weight is 569 g/mol. The van der Waals surface area contributed by atoms with E-state index in [1.54, 1.807) is 12.1 Å². The lowest BCUT2D eigenvalue weighted by molar-refractivity contribution is -0.267. The lowest BCUT2D eigenvalue weighted by Gasteiger charge is -2.31. The predicted molar refractivity (Wildman–Crippen MR) is 136 cm³/mol. The van der Waals surface area contributed by atoms with Crippen LogP contribution in [0.25, 0.3) is 11.1 Å². The first kappa shape index (κ1) is 30.4. The second-order valence-electron chi connectivity index (χ2n) is 8.45. The highest BCUT2D eigenvalue weighted by Gasteiger charge is 2.54. The molecule has 3 atom stereocenters. The Bertz CT molecular complexity index is 1150. The normalized spacial score (nSPS) is 16.1. The third-order valence-corrected chi connectivity index (χ3v) is 7.98. The molecule has 0 heterocycles. The lowest BCUT2D eigenvalue weighted by Crippen LogP contribution is -2.44. The summed E-state index contributed by atoms with van der Waals surface area (Å²) in [5.41, 5.74) is 2.96. The number of rotatable bonds is 12. The van der Waals surface area contributed by atoms with Crippen LogP contribution >= 0.6 is 23.2 Å². The number of hydrogen-bond donors (Lipinski definition) is 3. The van der Waals surface area contributed by atoms with Gasteiger partial charge in [0, 0.05) is 43.3 Å². The van der Waals surface area contributed by atoms with E-state index in [4.69, 9.17) is 38.5 Å². The minimum Gasteiger partial charge on any atom is -0.465 e. The van der Waals surface area contributed by atoms with Gasteiger partial charge in [0.05, 0.1) is 6.61 Å². The second kappa shape index (κ2) is 12.6. The average Bonchev–Trinajstić information content (AvgIpc) is 2.80. The van der Waals surface area contributed by atoms with Crippen LogP contribution in [-0.4, -0.2) is 45.6 Å². The van der Waals surface area contributed by atoms with Crippen molar-refractivity contribution in [1.29, 1.82) is 4.78 Å². The van der Waals surface area contributed by atoms with Crippen LogP contribution in [0.5, 0.6) is 0 Å². The summed E-state index contributed by atoms with van der Waals surface area (Å²) in [7, 11) is -3.58. The first-order chi connectivity index (χ1) is 16.7. The van der Waals surface area contributed by atoms with Crippen molar-refractivity contribution in [2.75, 3.05) is 18.1 Å². The fraction of sp³-hybridized carbons (Fsp3) is 0.458.